The molecule has 3 N–H and O–H groups in total. The van der Waals surface area contributed by atoms with Gasteiger partial charge in [-0.05, 0) is 44.1 Å². The Hall–Kier alpha value is -0.120. The van der Waals surface area contributed by atoms with Crippen LogP contribution in [0.15, 0.2) is 0 Å². The highest BCUT2D eigenvalue weighted by atomic mass is 16.3. The maximum absolute atomic E-state index is 8.86. The first kappa shape index (κ1) is 13.9. The van der Waals surface area contributed by atoms with Crippen LogP contribution < -0.4 is 5.73 Å². The molecule has 3 nitrogen and oxygen atoms in total. The molecule has 0 heterocycles. The maximum atomic E-state index is 8.86. The Morgan fingerprint density at radius 3 is 2.75 bits per heavy atom. The van der Waals surface area contributed by atoms with Gasteiger partial charge in [0.15, 0.2) is 0 Å². The van der Waals surface area contributed by atoms with Crippen molar-refractivity contribution in [2.45, 2.75) is 45.6 Å². The zero-order chi connectivity index (χ0) is 12.0. The van der Waals surface area contributed by atoms with E-state index in [1.54, 1.807) is 0 Å². The zero-order valence-corrected chi connectivity index (χ0v) is 10.9. The fourth-order valence-electron chi connectivity index (χ4n) is 2.74. The van der Waals surface area contributed by atoms with Crippen LogP contribution in [0.5, 0.6) is 0 Å². The minimum atomic E-state index is 0.295. The van der Waals surface area contributed by atoms with Gasteiger partial charge in [-0.3, -0.25) is 0 Å². The van der Waals surface area contributed by atoms with Crippen LogP contribution in [0.1, 0.15) is 39.5 Å². The van der Waals surface area contributed by atoms with E-state index >= 15 is 0 Å². The number of aliphatic hydroxyl groups is 1. The summed E-state index contributed by atoms with van der Waals surface area (Å²) < 4.78 is 0. The third-order valence-corrected chi connectivity index (χ3v) is 3.88. The van der Waals surface area contributed by atoms with Crippen LogP contribution in [0, 0.1) is 11.8 Å². The van der Waals surface area contributed by atoms with E-state index < -0.39 is 0 Å². The molecule has 96 valence electrons. The summed E-state index contributed by atoms with van der Waals surface area (Å²) in [6.07, 6.45) is 4.63. The van der Waals surface area contributed by atoms with E-state index in [0.717, 1.165) is 32.0 Å². The van der Waals surface area contributed by atoms with Gasteiger partial charge < -0.3 is 15.7 Å². The lowest BCUT2D eigenvalue weighted by atomic mass is 9.79. The van der Waals surface area contributed by atoms with Crippen molar-refractivity contribution in [3.8, 4) is 0 Å². The molecular weight excluding hydrogens is 200 g/mol. The highest BCUT2D eigenvalue weighted by molar-refractivity contribution is 4.83. The minimum absolute atomic E-state index is 0.295. The van der Waals surface area contributed by atoms with E-state index in [1.807, 2.05) is 0 Å². The third kappa shape index (κ3) is 4.40. The number of aliphatic hydroxyl groups excluding tert-OH is 1. The highest BCUT2D eigenvalue weighted by Crippen LogP contribution is 2.28. The third-order valence-electron chi connectivity index (χ3n) is 3.88. The molecule has 0 spiro atoms. The Morgan fingerprint density at radius 2 is 2.12 bits per heavy atom. The van der Waals surface area contributed by atoms with Gasteiger partial charge in [-0.15, -0.1) is 0 Å². The summed E-state index contributed by atoms with van der Waals surface area (Å²) in [5, 5.41) is 8.86. The van der Waals surface area contributed by atoms with Gasteiger partial charge in [0.05, 0.1) is 0 Å². The topological polar surface area (TPSA) is 49.5 Å². The Morgan fingerprint density at radius 1 is 1.38 bits per heavy atom. The summed E-state index contributed by atoms with van der Waals surface area (Å²) in [7, 11) is 0. The predicted octanol–water partition coefficient (Wildman–Crippen LogP) is 1.45. The molecule has 3 heteroatoms. The molecule has 1 saturated carbocycles. The van der Waals surface area contributed by atoms with Crippen LogP contribution in [0.4, 0.5) is 0 Å². The maximum Gasteiger partial charge on any atom is 0.0443 e. The molecule has 0 aromatic carbocycles. The van der Waals surface area contributed by atoms with Gasteiger partial charge in [-0.2, -0.15) is 0 Å². The summed E-state index contributed by atoms with van der Waals surface area (Å²) in [6.45, 7) is 8.01. The molecular formula is C13H28N2O. The van der Waals surface area contributed by atoms with Crippen molar-refractivity contribution in [1.82, 2.24) is 4.90 Å². The molecule has 3 atom stereocenters. The van der Waals surface area contributed by atoms with Crippen LogP contribution >= 0.6 is 0 Å². The van der Waals surface area contributed by atoms with Gasteiger partial charge >= 0.3 is 0 Å². The fourth-order valence-corrected chi connectivity index (χ4v) is 2.74. The normalized spacial score (nSPS) is 30.9. The number of rotatable bonds is 6. The zero-order valence-electron chi connectivity index (χ0n) is 10.9. The van der Waals surface area contributed by atoms with Crippen molar-refractivity contribution >= 4 is 0 Å². The average molecular weight is 228 g/mol. The van der Waals surface area contributed by atoms with E-state index in [1.165, 1.54) is 19.3 Å². The van der Waals surface area contributed by atoms with Crippen molar-refractivity contribution in [3.05, 3.63) is 0 Å². The predicted molar refractivity (Wildman–Crippen MR) is 68.3 cm³/mol. The van der Waals surface area contributed by atoms with Crippen molar-refractivity contribution in [2.75, 3.05) is 26.2 Å². The smallest absolute Gasteiger partial charge is 0.0443 e. The molecule has 0 aliphatic heterocycles. The number of nitrogens with two attached hydrogens (primary N) is 1. The van der Waals surface area contributed by atoms with Crippen LogP contribution in [-0.4, -0.2) is 42.3 Å². The summed E-state index contributed by atoms with van der Waals surface area (Å²) in [6, 6.07) is 0.388. The Bertz CT molecular complexity index is 187. The highest BCUT2D eigenvalue weighted by Gasteiger charge is 2.26. The Kier molecular flexibility index (Phi) is 6.32. The standard InChI is InChI=1S/C13H28N2O/c1-3-15(7-4-8-16)10-12-9-11(2)5-6-13(12)14/h11-13,16H,3-10,14H2,1-2H3. The lowest BCUT2D eigenvalue weighted by molar-refractivity contribution is 0.156. The fraction of sp³-hybridized carbons (Fsp3) is 1.00. The number of nitrogens with zero attached hydrogens (tertiary/aromatic N) is 1. The summed E-state index contributed by atoms with van der Waals surface area (Å²) >= 11 is 0. The first-order valence-electron chi connectivity index (χ1n) is 6.76. The SMILES string of the molecule is CCN(CCCO)CC1CC(C)CCC1N. The quantitative estimate of drug-likeness (QED) is 0.723. The molecule has 1 aliphatic rings. The Labute approximate surface area is 100 Å². The molecule has 0 saturated heterocycles. The van der Waals surface area contributed by atoms with Crippen molar-refractivity contribution < 1.29 is 5.11 Å². The van der Waals surface area contributed by atoms with Crippen LogP contribution in [0.25, 0.3) is 0 Å². The minimum Gasteiger partial charge on any atom is -0.396 e. The lowest BCUT2D eigenvalue weighted by Crippen LogP contribution is -2.43. The summed E-state index contributed by atoms with van der Waals surface area (Å²) in [5.74, 6) is 1.49. The number of hydrogen-bond donors (Lipinski definition) is 2. The second kappa shape index (κ2) is 7.25. The second-order valence-corrected chi connectivity index (χ2v) is 5.31. The first-order chi connectivity index (χ1) is 7.67. The van der Waals surface area contributed by atoms with Gasteiger partial charge in [0, 0.05) is 25.7 Å². The second-order valence-electron chi connectivity index (χ2n) is 5.31. The van der Waals surface area contributed by atoms with Crippen molar-refractivity contribution in [1.29, 1.82) is 0 Å². The van der Waals surface area contributed by atoms with E-state index in [4.69, 9.17) is 10.8 Å². The molecule has 0 bridgehead atoms. The van der Waals surface area contributed by atoms with Gasteiger partial charge in [0.2, 0.25) is 0 Å². The van der Waals surface area contributed by atoms with E-state index in [2.05, 4.69) is 18.7 Å². The van der Waals surface area contributed by atoms with Crippen molar-refractivity contribution in [2.24, 2.45) is 17.6 Å². The van der Waals surface area contributed by atoms with E-state index in [9.17, 15) is 0 Å². The van der Waals surface area contributed by atoms with Gasteiger partial charge in [-0.25, -0.2) is 0 Å². The summed E-state index contributed by atoms with van der Waals surface area (Å²) in [4.78, 5) is 2.43. The molecule has 1 rings (SSSR count). The van der Waals surface area contributed by atoms with Crippen molar-refractivity contribution in [3.63, 3.8) is 0 Å². The molecule has 0 aromatic rings. The number of hydrogen-bond acceptors (Lipinski definition) is 3. The Balaban J connectivity index is 2.36. The van der Waals surface area contributed by atoms with Crippen LogP contribution in [0.3, 0.4) is 0 Å². The lowest BCUT2D eigenvalue weighted by Gasteiger charge is -2.36. The van der Waals surface area contributed by atoms with E-state index in [0.29, 0.717) is 18.6 Å². The molecule has 1 fully saturated rings. The molecule has 0 radical (unpaired) electrons. The van der Waals surface area contributed by atoms with Gasteiger partial charge in [0.1, 0.15) is 0 Å². The molecule has 1 aliphatic carbocycles. The summed E-state index contributed by atoms with van der Waals surface area (Å²) in [5.41, 5.74) is 6.20. The van der Waals surface area contributed by atoms with E-state index in [-0.39, 0.29) is 0 Å². The molecule has 16 heavy (non-hydrogen) atoms. The van der Waals surface area contributed by atoms with Gasteiger partial charge in [-0.1, -0.05) is 13.8 Å². The largest absolute Gasteiger partial charge is 0.396 e. The molecule has 0 amide bonds. The molecule has 3 unspecified atom stereocenters. The van der Waals surface area contributed by atoms with Gasteiger partial charge in [0.25, 0.3) is 0 Å². The average Bonchev–Trinajstić information content (AvgIpc) is 2.28. The first-order valence-corrected chi connectivity index (χ1v) is 6.76. The van der Waals surface area contributed by atoms with Crippen LogP contribution in [0.2, 0.25) is 0 Å². The van der Waals surface area contributed by atoms with Crippen LogP contribution in [-0.2, 0) is 0 Å². The monoisotopic (exact) mass is 228 g/mol. The molecule has 0 aromatic heterocycles.